The Labute approximate surface area is 203 Å². The minimum absolute atomic E-state index is 0.0485. The maximum Gasteiger partial charge on any atom is 0.263 e. The van der Waals surface area contributed by atoms with Crippen molar-refractivity contribution >= 4 is 49.2 Å². The summed E-state index contributed by atoms with van der Waals surface area (Å²) in [6, 6.07) is 18.4. The SMILES string of the molecule is CC1(C)Cc2c(sc3nc(SCc4ccc(Br)cc4)n(Cc4ccccc4)c(=O)c23)CO1. The van der Waals surface area contributed by atoms with Gasteiger partial charge in [-0.3, -0.25) is 9.36 Å². The molecule has 2 aromatic carbocycles. The highest BCUT2D eigenvalue weighted by Crippen LogP contribution is 2.37. The van der Waals surface area contributed by atoms with E-state index in [1.165, 1.54) is 5.56 Å². The third-order valence-corrected chi connectivity index (χ3v) is 8.30. The first-order valence-corrected chi connectivity index (χ1v) is 13.1. The van der Waals surface area contributed by atoms with Gasteiger partial charge in [0.05, 0.1) is 24.1 Å². The second kappa shape index (κ2) is 8.78. The topological polar surface area (TPSA) is 44.1 Å². The van der Waals surface area contributed by atoms with E-state index in [2.05, 4.69) is 54.0 Å². The fraction of sp³-hybridized carbons (Fsp3) is 0.280. The Kier molecular flexibility index (Phi) is 6.01. The Morgan fingerprint density at radius 2 is 1.88 bits per heavy atom. The molecule has 0 spiro atoms. The van der Waals surface area contributed by atoms with E-state index in [-0.39, 0.29) is 11.2 Å². The molecule has 0 N–H and O–H groups in total. The maximum atomic E-state index is 13.8. The van der Waals surface area contributed by atoms with E-state index >= 15 is 0 Å². The average molecular weight is 528 g/mol. The van der Waals surface area contributed by atoms with Gasteiger partial charge in [0.2, 0.25) is 0 Å². The van der Waals surface area contributed by atoms with Crippen molar-refractivity contribution in [3.05, 3.63) is 91.0 Å². The smallest absolute Gasteiger partial charge is 0.263 e. The summed E-state index contributed by atoms with van der Waals surface area (Å²) in [7, 11) is 0. The molecule has 164 valence electrons. The summed E-state index contributed by atoms with van der Waals surface area (Å²) in [6.07, 6.45) is 0.732. The fourth-order valence-corrected chi connectivity index (χ4v) is 6.31. The van der Waals surface area contributed by atoms with E-state index in [0.29, 0.717) is 13.2 Å². The van der Waals surface area contributed by atoms with Gasteiger partial charge < -0.3 is 4.74 Å². The largest absolute Gasteiger partial charge is 0.370 e. The van der Waals surface area contributed by atoms with Gasteiger partial charge in [0.25, 0.3) is 5.56 Å². The first kappa shape index (κ1) is 21.9. The van der Waals surface area contributed by atoms with E-state index in [9.17, 15) is 4.79 Å². The fourth-order valence-electron chi connectivity index (χ4n) is 3.95. The van der Waals surface area contributed by atoms with Crippen LogP contribution in [0.4, 0.5) is 0 Å². The first-order chi connectivity index (χ1) is 15.4. The minimum Gasteiger partial charge on any atom is -0.370 e. The summed E-state index contributed by atoms with van der Waals surface area (Å²) < 4.78 is 8.90. The van der Waals surface area contributed by atoms with E-state index in [0.717, 1.165) is 48.0 Å². The molecule has 0 bridgehead atoms. The molecular weight excluding hydrogens is 504 g/mol. The van der Waals surface area contributed by atoms with Crippen LogP contribution in [0.3, 0.4) is 0 Å². The summed E-state index contributed by atoms with van der Waals surface area (Å²) in [5.41, 5.74) is 3.18. The van der Waals surface area contributed by atoms with Gasteiger partial charge in [-0.05, 0) is 42.7 Å². The summed E-state index contributed by atoms with van der Waals surface area (Å²) in [6.45, 7) is 5.22. The molecule has 4 aromatic rings. The number of rotatable bonds is 5. The summed E-state index contributed by atoms with van der Waals surface area (Å²) in [5, 5.41) is 1.53. The number of thioether (sulfide) groups is 1. The van der Waals surface area contributed by atoms with Crippen molar-refractivity contribution in [3.8, 4) is 0 Å². The molecule has 1 aliphatic rings. The number of thiophene rings is 1. The molecule has 0 atom stereocenters. The van der Waals surface area contributed by atoms with Crippen molar-refractivity contribution in [1.82, 2.24) is 9.55 Å². The lowest BCUT2D eigenvalue weighted by Crippen LogP contribution is -2.32. The zero-order valence-corrected chi connectivity index (χ0v) is 21.1. The monoisotopic (exact) mass is 526 g/mol. The molecule has 0 saturated carbocycles. The van der Waals surface area contributed by atoms with Crippen molar-refractivity contribution in [2.45, 2.75) is 49.9 Å². The minimum atomic E-state index is -0.271. The molecule has 0 saturated heterocycles. The van der Waals surface area contributed by atoms with Crippen LogP contribution in [-0.2, 0) is 30.1 Å². The van der Waals surface area contributed by atoms with Gasteiger partial charge in [-0.2, -0.15) is 0 Å². The highest BCUT2D eigenvalue weighted by molar-refractivity contribution is 9.10. The molecule has 3 heterocycles. The van der Waals surface area contributed by atoms with Gasteiger partial charge in [0.15, 0.2) is 5.16 Å². The number of hydrogen-bond donors (Lipinski definition) is 0. The lowest BCUT2D eigenvalue weighted by Gasteiger charge is -2.29. The summed E-state index contributed by atoms with van der Waals surface area (Å²) >= 11 is 6.70. The molecule has 0 fully saturated rings. The zero-order valence-electron chi connectivity index (χ0n) is 17.9. The molecule has 4 nitrogen and oxygen atoms in total. The third kappa shape index (κ3) is 4.44. The highest BCUT2D eigenvalue weighted by atomic mass is 79.9. The lowest BCUT2D eigenvalue weighted by molar-refractivity contribution is -0.0379. The molecule has 0 unspecified atom stereocenters. The Balaban J connectivity index is 1.60. The van der Waals surface area contributed by atoms with Crippen molar-refractivity contribution in [1.29, 1.82) is 0 Å². The number of nitrogens with zero attached hydrogens (tertiary/aromatic N) is 2. The van der Waals surface area contributed by atoms with Gasteiger partial charge in [0.1, 0.15) is 4.83 Å². The number of ether oxygens (including phenoxy) is 1. The van der Waals surface area contributed by atoms with Gasteiger partial charge >= 0.3 is 0 Å². The third-order valence-electron chi connectivity index (χ3n) is 5.62. The molecular formula is C25H23BrN2O2S2. The van der Waals surface area contributed by atoms with Gasteiger partial charge in [0, 0.05) is 21.5 Å². The Morgan fingerprint density at radius 3 is 2.62 bits per heavy atom. The normalized spacial score (nSPS) is 15.1. The van der Waals surface area contributed by atoms with Crippen LogP contribution in [0.15, 0.2) is 69.0 Å². The zero-order chi connectivity index (χ0) is 22.3. The predicted octanol–water partition coefficient (Wildman–Crippen LogP) is 6.41. The number of aromatic nitrogens is 2. The van der Waals surface area contributed by atoms with E-state index in [1.807, 2.05) is 34.9 Å². The second-order valence-electron chi connectivity index (χ2n) is 8.60. The maximum absolute atomic E-state index is 13.8. The van der Waals surface area contributed by atoms with Gasteiger partial charge in [-0.1, -0.05) is 70.2 Å². The molecule has 0 radical (unpaired) electrons. The molecule has 0 aliphatic carbocycles. The Morgan fingerprint density at radius 1 is 1.12 bits per heavy atom. The molecule has 32 heavy (non-hydrogen) atoms. The standard InChI is InChI=1S/C25H23BrN2O2S2/c1-25(2)12-19-20(14-30-25)32-22-21(19)23(29)28(13-16-6-4-3-5-7-16)24(27-22)31-15-17-8-10-18(26)11-9-17/h3-11H,12-15H2,1-2H3. The molecule has 5 rings (SSSR count). The number of fused-ring (bicyclic) bond motifs is 3. The Hall–Kier alpha value is -1.93. The van der Waals surface area contributed by atoms with Crippen LogP contribution in [0.25, 0.3) is 10.2 Å². The predicted molar refractivity (Wildman–Crippen MR) is 136 cm³/mol. The van der Waals surface area contributed by atoms with Crippen molar-refractivity contribution in [2.75, 3.05) is 0 Å². The van der Waals surface area contributed by atoms with E-state index in [1.54, 1.807) is 23.1 Å². The summed E-state index contributed by atoms with van der Waals surface area (Å²) in [4.78, 5) is 20.8. The van der Waals surface area contributed by atoms with E-state index in [4.69, 9.17) is 9.72 Å². The van der Waals surface area contributed by atoms with Crippen LogP contribution >= 0.6 is 39.0 Å². The number of benzene rings is 2. The van der Waals surface area contributed by atoms with Crippen LogP contribution in [0.5, 0.6) is 0 Å². The van der Waals surface area contributed by atoms with Gasteiger partial charge in [-0.25, -0.2) is 4.98 Å². The molecule has 0 amide bonds. The van der Waals surface area contributed by atoms with Crippen molar-refractivity contribution in [2.24, 2.45) is 0 Å². The number of hydrogen-bond acceptors (Lipinski definition) is 5. The second-order valence-corrected chi connectivity index (χ2v) is 11.5. The first-order valence-electron chi connectivity index (χ1n) is 10.5. The molecule has 1 aliphatic heterocycles. The quantitative estimate of drug-likeness (QED) is 0.222. The van der Waals surface area contributed by atoms with Crippen molar-refractivity contribution < 1.29 is 4.74 Å². The van der Waals surface area contributed by atoms with Crippen LogP contribution in [0.1, 0.15) is 35.4 Å². The van der Waals surface area contributed by atoms with Crippen LogP contribution in [-0.4, -0.2) is 15.2 Å². The van der Waals surface area contributed by atoms with Crippen LogP contribution < -0.4 is 5.56 Å². The van der Waals surface area contributed by atoms with Gasteiger partial charge in [-0.15, -0.1) is 11.3 Å². The summed E-state index contributed by atoms with van der Waals surface area (Å²) in [5.74, 6) is 0.751. The van der Waals surface area contributed by atoms with Crippen molar-refractivity contribution in [3.63, 3.8) is 0 Å². The van der Waals surface area contributed by atoms with Crippen LogP contribution in [0, 0.1) is 0 Å². The number of halogens is 1. The Bertz CT molecular complexity index is 1330. The molecule has 7 heteroatoms. The van der Waals surface area contributed by atoms with E-state index < -0.39 is 0 Å². The highest BCUT2D eigenvalue weighted by Gasteiger charge is 2.31. The average Bonchev–Trinajstić information content (AvgIpc) is 3.13. The molecule has 2 aromatic heterocycles. The van der Waals surface area contributed by atoms with Crippen LogP contribution in [0.2, 0.25) is 0 Å². The lowest BCUT2D eigenvalue weighted by atomic mass is 9.94.